The summed E-state index contributed by atoms with van der Waals surface area (Å²) in [7, 11) is 0. The molecule has 1 heterocycles. The highest BCUT2D eigenvalue weighted by molar-refractivity contribution is 5.95. The Hall–Kier alpha value is -3.88. The van der Waals surface area contributed by atoms with E-state index in [1.807, 2.05) is 0 Å². The average molecular weight is 409 g/mol. The SMILES string of the molecule is CC(C)(C)OC(=O)NCc1cccc(C(=O)NNc2nc3ccccc3c(=O)[nH]2)c1. The van der Waals surface area contributed by atoms with Crippen LogP contribution in [0.15, 0.2) is 53.3 Å². The number of carbonyl (C=O) groups excluding carboxylic acids is 2. The summed E-state index contributed by atoms with van der Waals surface area (Å²) in [6.45, 7) is 5.55. The van der Waals surface area contributed by atoms with Gasteiger partial charge in [0, 0.05) is 12.1 Å². The Balaban J connectivity index is 1.61. The molecule has 0 spiro atoms. The summed E-state index contributed by atoms with van der Waals surface area (Å²) in [6.07, 6.45) is -0.537. The summed E-state index contributed by atoms with van der Waals surface area (Å²) in [5.74, 6) is -0.306. The minimum Gasteiger partial charge on any atom is -0.444 e. The second kappa shape index (κ2) is 8.64. The topological polar surface area (TPSA) is 125 Å². The first-order valence-electron chi connectivity index (χ1n) is 9.32. The van der Waals surface area contributed by atoms with Crippen molar-refractivity contribution in [2.75, 3.05) is 5.43 Å². The molecule has 0 fully saturated rings. The van der Waals surface area contributed by atoms with Gasteiger partial charge in [-0.25, -0.2) is 9.78 Å². The Labute approximate surface area is 172 Å². The number of aromatic amines is 1. The summed E-state index contributed by atoms with van der Waals surface area (Å²) >= 11 is 0. The molecule has 0 bridgehead atoms. The van der Waals surface area contributed by atoms with Gasteiger partial charge in [0.2, 0.25) is 5.95 Å². The van der Waals surface area contributed by atoms with Crippen molar-refractivity contribution in [3.05, 3.63) is 70.0 Å². The number of benzene rings is 2. The molecule has 0 atom stereocenters. The zero-order chi connectivity index (χ0) is 21.7. The lowest BCUT2D eigenvalue weighted by atomic mass is 10.1. The lowest BCUT2D eigenvalue weighted by molar-refractivity contribution is 0.0523. The average Bonchev–Trinajstić information content (AvgIpc) is 2.69. The van der Waals surface area contributed by atoms with Gasteiger partial charge in [-0.15, -0.1) is 0 Å². The van der Waals surface area contributed by atoms with E-state index >= 15 is 0 Å². The minimum absolute atomic E-state index is 0.120. The number of H-pyrrole nitrogens is 1. The number of rotatable bonds is 5. The quantitative estimate of drug-likeness (QED) is 0.480. The molecule has 2 amide bonds. The van der Waals surface area contributed by atoms with E-state index in [0.29, 0.717) is 16.5 Å². The van der Waals surface area contributed by atoms with E-state index in [2.05, 4.69) is 26.1 Å². The second-order valence-corrected chi connectivity index (χ2v) is 7.57. The number of nitrogens with zero attached hydrogens (tertiary/aromatic N) is 1. The highest BCUT2D eigenvalue weighted by atomic mass is 16.6. The van der Waals surface area contributed by atoms with E-state index in [1.165, 1.54) is 0 Å². The first-order chi connectivity index (χ1) is 14.2. The van der Waals surface area contributed by atoms with E-state index in [0.717, 1.165) is 5.56 Å². The van der Waals surface area contributed by atoms with Crippen molar-refractivity contribution >= 4 is 28.9 Å². The summed E-state index contributed by atoms with van der Waals surface area (Å²) in [4.78, 5) is 43.1. The molecule has 1 aromatic heterocycles. The summed E-state index contributed by atoms with van der Waals surface area (Å²) in [6, 6.07) is 13.7. The number of nitrogens with one attached hydrogen (secondary N) is 4. The number of hydrogen-bond donors (Lipinski definition) is 4. The maximum absolute atomic E-state index is 12.4. The lowest BCUT2D eigenvalue weighted by Gasteiger charge is -2.19. The molecule has 30 heavy (non-hydrogen) atoms. The van der Waals surface area contributed by atoms with Gasteiger partial charge in [-0.05, 0) is 50.6 Å². The molecule has 3 rings (SSSR count). The largest absolute Gasteiger partial charge is 0.444 e. The molecule has 4 N–H and O–H groups in total. The van der Waals surface area contributed by atoms with Crippen molar-refractivity contribution in [1.82, 2.24) is 20.7 Å². The van der Waals surface area contributed by atoms with Crippen LogP contribution in [0.4, 0.5) is 10.7 Å². The molecule has 9 nitrogen and oxygen atoms in total. The van der Waals surface area contributed by atoms with Crippen molar-refractivity contribution in [2.24, 2.45) is 0 Å². The van der Waals surface area contributed by atoms with Crippen molar-refractivity contribution in [3.8, 4) is 0 Å². The number of anilines is 1. The van der Waals surface area contributed by atoms with Gasteiger partial charge in [-0.2, -0.15) is 0 Å². The smallest absolute Gasteiger partial charge is 0.407 e. The third-order valence-electron chi connectivity index (χ3n) is 3.93. The van der Waals surface area contributed by atoms with E-state index in [9.17, 15) is 14.4 Å². The van der Waals surface area contributed by atoms with Gasteiger partial charge in [0.15, 0.2) is 0 Å². The van der Waals surface area contributed by atoms with Gasteiger partial charge in [-0.3, -0.25) is 25.4 Å². The minimum atomic E-state index is -0.588. The molecule has 9 heteroatoms. The normalized spacial score (nSPS) is 11.0. The van der Waals surface area contributed by atoms with Crippen molar-refractivity contribution in [2.45, 2.75) is 32.9 Å². The Bertz CT molecular complexity index is 1130. The zero-order valence-electron chi connectivity index (χ0n) is 16.9. The number of alkyl carbamates (subject to hydrolysis) is 1. The van der Waals surface area contributed by atoms with Crippen LogP contribution in [-0.4, -0.2) is 27.6 Å². The Morgan fingerprint density at radius 3 is 2.63 bits per heavy atom. The van der Waals surface area contributed by atoms with E-state index < -0.39 is 17.6 Å². The molecule has 156 valence electrons. The van der Waals surface area contributed by atoms with Crippen LogP contribution >= 0.6 is 0 Å². The molecule has 0 saturated carbocycles. The van der Waals surface area contributed by atoms with Gasteiger partial charge in [-0.1, -0.05) is 24.3 Å². The van der Waals surface area contributed by atoms with Gasteiger partial charge in [0.05, 0.1) is 10.9 Å². The molecule has 0 aliphatic heterocycles. The number of amides is 2. The Kier molecular flexibility index (Phi) is 6.01. The molecule has 2 aromatic carbocycles. The van der Waals surface area contributed by atoms with Gasteiger partial charge in [0.25, 0.3) is 11.5 Å². The predicted octanol–water partition coefficient (Wildman–Crippen LogP) is 2.70. The van der Waals surface area contributed by atoms with Crippen LogP contribution in [0.2, 0.25) is 0 Å². The number of fused-ring (bicyclic) bond motifs is 1. The summed E-state index contributed by atoms with van der Waals surface area (Å²) in [5, 5.41) is 3.10. The maximum Gasteiger partial charge on any atom is 0.407 e. The lowest BCUT2D eigenvalue weighted by Crippen LogP contribution is -2.32. The fraction of sp³-hybridized carbons (Fsp3) is 0.238. The van der Waals surface area contributed by atoms with Gasteiger partial charge < -0.3 is 10.1 Å². The Morgan fingerprint density at radius 1 is 1.10 bits per heavy atom. The molecular weight excluding hydrogens is 386 g/mol. The van der Waals surface area contributed by atoms with Gasteiger partial charge in [0.1, 0.15) is 5.60 Å². The predicted molar refractivity (Wildman–Crippen MR) is 113 cm³/mol. The summed E-state index contributed by atoms with van der Waals surface area (Å²) in [5.41, 5.74) is 5.82. The molecule has 3 aromatic rings. The second-order valence-electron chi connectivity index (χ2n) is 7.57. The van der Waals surface area contributed by atoms with Crippen LogP contribution in [0.5, 0.6) is 0 Å². The standard InChI is InChI=1S/C21H23N5O4/c1-21(2,3)30-20(29)22-12-13-7-6-8-14(11-13)17(27)25-26-19-23-16-10-5-4-9-15(16)18(28)24-19/h4-11H,12H2,1-3H3,(H,22,29)(H,25,27)(H2,23,24,26,28). The van der Waals surface area contributed by atoms with Crippen molar-refractivity contribution < 1.29 is 14.3 Å². The number of para-hydroxylation sites is 1. The molecule has 0 radical (unpaired) electrons. The molecule has 0 unspecified atom stereocenters. The molecule has 0 aliphatic rings. The van der Waals surface area contributed by atoms with E-state index in [1.54, 1.807) is 69.3 Å². The van der Waals surface area contributed by atoms with Crippen molar-refractivity contribution in [3.63, 3.8) is 0 Å². The fourth-order valence-electron chi connectivity index (χ4n) is 2.64. The van der Waals surface area contributed by atoms with Crippen LogP contribution in [0.25, 0.3) is 10.9 Å². The van der Waals surface area contributed by atoms with Crippen LogP contribution in [0.1, 0.15) is 36.7 Å². The first-order valence-corrected chi connectivity index (χ1v) is 9.32. The van der Waals surface area contributed by atoms with Gasteiger partial charge >= 0.3 is 6.09 Å². The third-order valence-corrected chi connectivity index (χ3v) is 3.93. The van der Waals surface area contributed by atoms with Crippen LogP contribution in [-0.2, 0) is 11.3 Å². The Morgan fingerprint density at radius 2 is 1.87 bits per heavy atom. The number of hydrogen-bond acceptors (Lipinski definition) is 6. The molecule has 0 aliphatic carbocycles. The number of hydrazine groups is 1. The monoisotopic (exact) mass is 409 g/mol. The number of ether oxygens (including phenoxy) is 1. The fourth-order valence-corrected chi connectivity index (χ4v) is 2.64. The van der Waals surface area contributed by atoms with E-state index in [-0.39, 0.29) is 18.1 Å². The number of aromatic nitrogens is 2. The first kappa shape index (κ1) is 20.8. The summed E-state index contributed by atoms with van der Waals surface area (Å²) < 4.78 is 5.19. The molecule has 0 saturated heterocycles. The van der Waals surface area contributed by atoms with Crippen LogP contribution in [0, 0.1) is 0 Å². The number of carbonyl (C=O) groups is 2. The van der Waals surface area contributed by atoms with E-state index in [4.69, 9.17) is 4.74 Å². The highest BCUT2D eigenvalue weighted by Gasteiger charge is 2.16. The third kappa shape index (κ3) is 5.57. The highest BCUT2D eigenvalue weighted by Crippen LogP contribution is 2.09. The maximum atomic E-state index is 12.4. The zero-order valence-corrected chi connectivity index (χ0v) is 16.9. The van der Waals surface area contributed by atoms with Crippen LogP contribution < -0.4 is 21.7 Å². The van der Waals surface area contributed by atoms with Crippen LogP contribution in [0.3, 0.4) is 0 Å². The molecular formula is C21H23N5O4. The van der Waals surface area contributed by atoms with Crippen molar-refractivity contribution in [1.29, 1.82) is 0 Å².